The van der Waals surface area contributed by atoms with E-state index in [0.717, 1.165) is 16.7 Å². The molecule has 0 saturated carbocycles. The van der Waals surface area contributed by atoms with Crippen molar-refractivity contribution in [3.05, 3.63) is 64.7 Å². The SMILES string of the molecule is Cc1cc(C)cc(OCC(=O)NNC(=O)c2ccc(C(C)C)cc2)c1. The van der Waals surface area contributed by atoms with E-state index in [1.807, 2.05) is 44.2 Å². The fourth-order valence-corrected chi connectivity index (χ4v) is 2.42. The molecule has 2 aromatic carbocycles. The molecule has 0 fully saturated rings. The molecule has 25 heavy (non-hydrogen) atoms. The number of nitrogens with one attached hydrogen (secondary N) is 2. The van der Waals surface area contributed by atoms with Gasteiger partial charge in [0.05, 0.1) is 0 Å². The average Bonchev–Trinajstić information content (AvgIpc) is 2.57. The van der Waals surface area contributed by atoms with Crippen molar-refractivity contribution in [3.8, 4) is 5.75 Å². The van der Waals surface area contributed by atoms with Crippen LogP contribution in [0.1, 0.15) is 46.8 Å². The highest BCUT2D eigenvalue weighted by atomic mass is 16.5. The summed E-state index contributed by atoms with van der Waals surface area (Å²) >= 11 is 0. The van der Waals surface area contributed by atoms with E-state index in [-0.39, 0.29) is 12.5 Å². The number of carbonyl (C=O) groups is 2. The molecule has 2 aromatic rings. The van der Waals surface area contributed by atoms with Gasteiger partial charge >= 0.3 is 0 Å². The molecule has 0 aliphatic heterocycles. The summed E-state index contributed by atoms with van der Waals surface area (Å²) in [4.78, 5) is 23.8. The number of rotatable bonds is 5. The Morgan fingerprint density at radius 3 is 2.12 bits per heavy atom. The molecule has 0 unspecified atom stereocenters. The Bertz CT molecular complexity index is 732. The van der Waals surface area contributed by atoms with Gasteiger partial charge in [-0.2, -0.15) is 0 Å². The Labute approximate surface area is 148 Å². The third-order valence-corrected chi connectivity index (χ3v) is 3.72. The Hall–Kier alpha value is -2.82. The van der Waals surface area contributed by atoms with E-state index in [4.69, 9.17) is 4.74 Å². The smallest absolute Gasteiger partial charge is 0.276 e. The van der Waals surface area contributed by atoms with Crippen LogP contribution in [0.3, 0.4) is 0 Å². The zero-order valence-corrected chi connectivity index (χ0v) is 15.1. The van der Waals surface area contributed by atoms with Gasteiger partial charge in [-0.15, -0.1) is 0 Å². The quantitative estimate of drug-likeness (QED) is 0.821. The van der Waals surface area contributed by atoms with Crippen LogP contribution in [0.25, 0.3) is 0 Å². The van der Waals surface area contributed by atoms with Crippen LogP contribution in [0.4, 0.5) is 0 Å². The molecule has 0 aliphatic rings. The molecule has 0 aliphatic carbocycles. The molecule has 2 rings (SSSR count). The predicted octanol–water partition coefficient (Wildman–Crippen LogP) is 3.27. The van der Waals surface area contributed by atoms with Crippen molar-refractivity contribution in [2.75, 3.05) is 6.61 Å². The highest BCUT2D eigenvalue weighted by Crippen LogP contribution is 2.16. The lowest BCUT2D eigenvalue weighted by Gasteiger charge is -2.10. The summed E-state index contributed by atoms with van der Waals surface area (Å²) in [5.74, 6) is 0.240. The van der Waals surface area contributed by atoms with Crippen molar-refractivity contribution in [1.82, 2.24) is 10.9 Å². The number of hydrazine groups is 1. The van der Waals surface area contributed by atoms with E-state index in [9.17, 15) is 9.59 Å². The zero-order valence-electron chi connectivity index (χ0n) is 15.1. The van der Waals surface area contributed by atoms with Crippen LogP contribution in [-0.2, 0) is 4.79 Å². The highest BCUT2D eigenvalue weighted by molar-refractivity contribution is 5.95. The minimum atomic E-state index is -0.425. The fraction of sp³-hybridized carbons (Fsp3) is 0.300. The molecule has 0 aromatic heterocycles. The largest absolute Gasteiger partial charge is 0.484 e. The number of amides is 2. The van der Waals surface area contributed by atoms with Gasteiger partial charge in [0, 0.05) is 5.56 Å². The van der Waals surface area contributed by atoms with Crippen molar-refractivity contribution >= 4 is 11.8 Å². The van der Waals surface area contributed by atoms with Crippen LogP contribution in [0.15, 0.2) is 42.5 Å². The number of aryl methyl sites for hydroxylation is 2. The van der Waals surface area contributed by atoms with Crippen molar-refractivity contribution in [3.63, 3.8) is 0 Å². The third kappa shape index (κ3) is 5.64. The van der Waals surface area contributed by atoms with Gasteiger partial charge in [0.15, 0.2) is 6.61 Å². The Kier molecular flexibility index (Phi) is 6.17. The number of hydrogen-bond acceptors (Lipinski definition) is 3. The average molecular weight is 340 g/mol. The summed E-state index contributed by atoms with van der Waals surface area (Å²) in [6.45, 7) is 7.93. The molecule has 0 heterocycles. The van der Waals surface area contributed by atoms with Crippen LogP contribution in [0.5, 0.6) is 5.75 Å². The molecule has 132 valence electrons. The summed E-state index contributed by atoms with van der Waals surface area (Å²) < 4.78 is 5.45. The first-order valence-electron chi connectivity index (χ1n) is 8.25. The van der Waals surface area contributed by atoms with Gasteiger partial charge in [0.2, 0.25) is 0 Å². The number of benzene rings is 2. The number of carbonyl (C=O) groups excluding carboxylic acids is 2. The van der Waals surface area contributed by atoms with Crippen LogP contribution in [-0.4, -0.2) is 18.4 Å². The maximum absolute atomic E-state index is 12.0. The van der Waals surface area contributed by atoms with E-state index < -0.39 is 5.91 Å². The van der Waals surface area contributed by atoms with Crippen LogP contribution in [0.2, 0.25) is 0 Å². The van der Waals surface area contributed by atoms with E-state index in [1.54, 1.807) is 12.1 Å². The van der Waals surface area contributed by atoms with Crippen molar-refractivity contribution < 1.29 is 14.3 Å². The second-order valence-electron chi connectivity index (χ2n) is 6.39. The lowest BCUT2D eigenvalue weighted by Crippen LogP contribution is -2.43. The molecule has 2 N–H and O–H groups in total. The maximum atomic E-state index is 12.0. The van der Waals surface area contributed by atoms with Crippen molar-refractivity contribution in [2.24, 2.45) is 0 Å². The highest BCUT2D eigenvalue weighted by Gasteiger charge is 2.09. The zero-order chi connectivity index (χ0) is 18.4. The molecule has 0 spiro atoms. The van der Waals surface area contributed by atoms with Crippen molar-refractivity contribution in [1.29, 1.82) is 0 Å². The van der Waals surface area contributed by atoms with Gasteiger partial charge in [0.1, 0.15) is 5.75 Å². The minimum Gasteiger partial charge on any atom is -0.484 e. The van der Waals surface area contributed by atoms with Gasteiger partial charge in [-0.25, -0.2) is 0 Å². The first-order valence-corrected chi connectivity index (χ1v) is 8.25. The Morgan fingerprint density at radius 2 is 1.56 bits per heavy atom. The summed E-state index contributed by atoms with van der Waals surface area (Å²) in [5, 5.41) is 0. The second-order valence-corrected chi connectivity index (χ2v) is 6.39. The molecule has 0 bridgehead atoms. The van der Waals surface area contributed by atoms with Crippen LogP contribution >= 0.6 is 0 Å². The van der Waals surface area contributed by atoms with E-state index in [2.05, 4.69) is 24.7 Å². The third-order valence-electron chi connectivity index (χ3n) is 3.72. The van der Waals surface area contributed by atoms with Crippen LogP contribution < -0.4 is 15.6 Å². The summed E-state index contributed by atoms with van der Waals surface area (Å²) in [5.41, 5.74) is 8.51. The summed E-state index contributed by atoms with van der Waals surface area (Å²) in [6.07, 6.45) is 0. The molecule has 2 amide bonds. The summed E-state index contributed by atoms with van der Waals surface area (Å²) in [7, 11) is 0. The minimum absolute atomic E-state index is 0.171. The van der Waals surface area contributed by atoms with E-state index in [1.165, 1.54) is 0 Å². The molecule has 0 saturated heterocycles. The molecular formula is C20H24N2O3. The monoisotopic (exact) mass is 340 g/mol. The van der Waals surface area contributed by atoms with E-state index in [0.29, 0.717) is 17.2 Å². The lowest BCUT2D eigenvalue weighted by molar-refractivity contribution is -0.123. The van der Waals surface area contributed by atoms with E-state index >= 15 is 0 Å². The molecule has 5 heteroatoms. The van der Waals surface area contributed by atoms with Crippen molar-refractivity contribution in [2.45, 2.75) is 33.6 Å². The molecule has 5 nitrogen and oxygen atoms in total. The fourth-order valence-electron chi connectivity index (χ4n) is 2.42. The number of hydrogen-bond donors (Lipinski definition) is 2. The van der Waals surface area contributed by atoms with Gasteiger partial charge < -0.3 is 4.74 Å². The van der Waals surface area contributed by atoms with Gasteiger partial charge in [-0.05, 0) is 60.7 Å². The first kappa shape index (κ1) is 18.5. The topological polar surface area (TPSA) is 67.4 Å². The number of ether oxygens (including phenoxy) is 1. The van der Waals surface area contributed by atoms with Gasteiger partial charge in [-0.1, -0.05) is 32.0 Å². The molecular weight excluding hydrogens is 316 g/mol. The summed E-state index contributed by atoms with van der Waals surface area (Å²) in [6, 6.07) is 13.0. The van der Waals surface area contributed by atoms with Gasteiger partial charge in [0.25, 0.3) is 11.8 Å². The Balaban J connectivity index is 1.81. The second kappa shape index (κ2) is 8.33. The first-order chi connectivity index (χ1) is 11.8. The van der Waals surface area contributed by atoms with Crippen LogP contribution in [0, 0.1) is 13.8 Å². The molecule has 0 radical (unpaired) electrons. The normalized spacial score (nSPS) is 10.4. The standard InChI is InChI=1S/C20H24N2O3/c1-13(2)16-5-7-17(8-6-16)20(24)22-21-19(23)12-25-18-10-14(3)9-15(4)11-18/h5-11,13H,12H2,1-4H3,(H,21,23)(H,22,24). The molecule has 0 atom stereocenters. The predicted molar refractivity (Wildman–Crippen MR) is 97.6 cm³/mol. The maximum Gasteiger partial charge on any atom is 0.276 e. The lowest BCUT2D eigenvalue weighted by atomic mass is 10.0. The van der Waals surface area contributed by atoms with Gasteiger partial charge in [-0.3, -0.25) is 20.4 Å². The Morgan fingerprint density at radius 1 is 0.960 bits per heavy atom.